The van der Waals surface area contributed by atoms with Gasteiger partial charge in [0.25, 0.3) is 0 Å². The van der Waals surface area contributed by atoms with E-state index in [4.69, 9.17) is 9.84 Å². The van der Waals surface area contributed by atoms with Gasteiger partial charge in [0, 0.05) is 5.92 Å². The maximum Gasteiger partial charge on any atom is 0.328 e. The molecule has 2 atom stereocenters. The van der Waals surface area contributed by atoms with Crippen molar-refractivity contribution in [1.29, 1.82) is 0 Å². The predicted octanol–water partition coefficient (Wildman–Crippen LogP) is 0.453. The first-order valence-corrected chi connectivity index (χ1v) is 7.48. The Hall–Kier alpha value is -1.89. The molecular formula is C15H24N2O5. The summed E-state index contributed by atoms with van der Waals surface area (Å²) in [6.45, 7) is 5.03. The van der Waals surface area contributed by atoms with Gasteiger partial charge in [-0.05, 0) is 19.8 Å². The lowest BCUT2D eigenvalue weighted by molar-refractivity contribution is -0.143. The molecule has 0 spiro atoms. The highest BCUT2D eigenvalue weighted by molar-refractivity contribution is 5.90. The molecule has 0 heterocycles. The SMILES string of the molecule is C=CCOCC(NC(=O)C(C)NC(=O)C1CCCC1)C(=O)O. The van der Waals surface area contributed by atoms with E-state index in [1.165, 1.54) is 13.0 Å². The summed E-state index contributed by atoms with van der Waals surface area (Å²) < 4.78 is 5.05. The van der Waals surface area contributed by atoms with E-state index in [9.17, 15) is 14.4 Å². The van der Waals surface area contributed by atoms with Crippen LogP contribution in [0, 0.1) is 5.92 Å². The molecule has 2 amide bonds. The summed E-state index contributed by atoms with van der Waals surface area (Å²) in [6, 6.07) is -1.94. The lowest BCUT2D eigenvalue weighted by atomic mass is 10.1. The first kappa shape index (κ1) is 18.2. The summed E-state index contributed by atoms with van der Waals surface area (Å²) in [4.78, 5) is 35.0. The van der Waals surface area contributed by atoms with Gasteiger partial charge in [0.2, 0.25) is 11.8 Å². The molecule has 1 aliphatic rings. The Kier molecular flexibility index (Phi) is 7.59. The lowest BCUT2D eigenvalue weighted by Crippen LogP contribution is -2.52. The number of aliphatic carboxylic acids is 1. The van der Waals surface area contributed by atoms with Crippen molar-refractivity contribution in [2.45, 2.75) is 44.7 Å². The highest BCUT2D eigenvalue weighted by atomic mass is 16.5. The molecule has 124 valence electrons. The molecule has 2 unspecified atom stereocenters. The summed E-state index contributed by atoms with van der Waals surface area (Å²) in [5.41, 5.74) is 0. The molecule has 7 heteroatoms. The molecule has 0 aromatic rings. The molecule has 22 heavy (non-hydrogen) atoms. The molecule has 3 N–H and O–H groups in total. The van der Waals surface area contributed by atoms with Crippen molar-refractivity contribution < 1.29 is 24.2 Å². The molecule has 0 aromatic heterocycles. The number of nitrogens with one attached hydrogen (secondary N) is 2. The quantitative estimate of drug-likeness (QED) is 0.423. The van der Waals surface area contributed by atoms with Crippen molar-refractivity contribution in [1.82, 2.24) is 10.6 Å². The van der Waals surface area contributed by atoms with E-state index < -0.39 is 24.0 Å². The molecule has 0 radical (unpaired) electrons. The van der Waals surface area contributed by atoms with Crippen molar-refractivity contribution in [2.75, 3.05) is 13.2 Å². The van der Waals surface area contributed by atoms with Gasteiger partial charge >= 0.3 is 5.97 Å². The van der Waals surface area contributed by atoms with E-state index in [0.29, 0.717) is 0 Å². The van der Waals surface area contributed by atoms with E-state index in [2.05, 4.69) is 17.2 Å². The van der Waals surface area contributed by atoms with Gasteiger partial charge in [0.1, 0.15) is 6.04 Å². The van der Waals surface area contributed by atoms with Gasteiger partial charge in [-0.25, -0.2) is 4.79 Å². The van der Waals surface area contributed by atoms with Crippen LogP contribution in [-0.4, -0.2) is 48.2 Å². The molecule has 0 aliphatic heterocycles. The second-order valence-corrected chi connectivity index (χ2v) is 5.44. The van der Waals surface area contributed by atoms with Crippen molar-refractivity contribution in [3.8, 4) is 0 Å². The summed E-state index contributed by atoms with van der Waals surface area (Å²) in [7, 11) is 0. The first-order valence-electron chi connectivity index (χ1n) is 7.48. The van der Waals surface area contributed by atoms with Gasteiger partial charge in [0.05, 0.1) is 13.2 Å². The Morgan fingerprint density at radius 1 is 1.32 bits per heavy atom. The third-order valence-corrected chi connectivity index (χ3v) is 3.61. The van der Waals surface area contributed by atoms with Crippen molar-refractivity contribution in [3.63, 3.8) is 0 Å². The molecule has 1 saturated carbocycles. The Balaban J connectivity index is 2.44. The van der Waals surface area contributed by atoms with Crippen LogP contribution in [-0.2, 0) is 19.1 Å². The summed E-state index contributed by atoms with van der Waals surface area (Å²) in [6.07, 6.45) is 5.23. The highest BCUT2D eigenvalue weighted by Gasteiger charge is 2.27. The Labute approximate surface area is 130 Å². The highest BCUT2D eigenvalue weighted by Crippen LogP contribution is 2.24. The third-order valence-electron chi connectivity index (χ3n) is 3.61. The topological polar surface area (TPSA) is 105 Å². The number of ether oxygens (including phenoxy) is 1. The van der Waals surface area contributed by atoms with Gasteiger partial charge in [0.15, 0.2) is 6.04 Å². The van der Waals surface area contributed by atoms with Crippen LogP contribution in [0.2, 0.25) is 0 Å². The molecule has 1 rings (SSSR count). The fraction of sp³-hybridized carbons (Fsp3) is 0.667. The maximum absolute atomic E-state index is 12.0. The van der Waals surface area contributed by atoms with Crippen LogP contribution in [0.15, 0.2) is 12.7 Å². The number of rotatable bonds is 9. The van der Waals surface area contributed by atoms with Crippen molar-refractivity contribution in [3.05, 3.63) is 12.7 Å². The van der Waals surface area contributed by atoms with E-state index in [-0.39, 0.29) is 25.0 Å². The molecular weight excluding hydrogens is 288 g/mol. The van der Waals surface area contributed by atoms with Gasteiger partial charge in [-0.2, -0.15) is 0 Å². The van der Waals surface area contributed by atoms with Crippen molar-refractivity contribution in [2.24, 2.45) is 5.92 Å². The zero-order chi connectivity index (χ0) is 16.5. The van der Waals surface area contributed by atoms with Crippen LogP contribution in [0.1, 0.15) is 32.6 Å². The Morgan fingerprint density at radius 2 is 1.95 bits per heavy atom. The largest absolute Gasteiger partial charge is 0.480 e. The van der Waals surface area contributed by atoms with Crippen LogP contribution in [0.5, 0.6) is 0 Å². The van der Waals surface area contributed by atoms with E-state index >= 15 is 0 Å². The van der Waals surface area contributed by atoms with E-state index in [1.807, 2.05) is 0 Å². The van der Waals surface area contributed by atoms with Crippen LogP contribution in [0.3, 0.4) is 0 Å². The van der Waals surface area contributed by atoms with Crippen LogP contribution < -0.4 is 10.6 Å². The average Bonchev–Trinajstić information content (AvgIpc) is 3.00. The number of carboxylic acids is 1. The van der Waals surface area contributed by atoms with E-state index in [1.54, 1.807) is 0 Å². The van der Waals surface area contributed by atoms with E-state index in [0.717, 1.165) is 25.7 Å². The van der Waals surface area contributed by atoms with Gasteiger partial charge in [-0.1, -0.05) is 18.9 Å². The number of carbonyl (C=O) groups excluding carboxylic acids is 2. The van der Waals surface area contributed by atoms with Gasteiger partial charge < -0.3 is 20.5 Å². The molecule has 0 saturated heterocycles. The standard InChI is InChI=1S/C15H24N2O5/c1-3-8-22-9-12(15(20)21)17-13(18)10(2)16-14(19)11-6-4-5-7-11/h3,10-12H,1,4-9H2,2H3,(H,16,19)(H,17,18)(H,20,21). The number of carbonyl (C=O) groups is 3. The van der Waals surface area contributed by atoms with Gasteiger partial charge in [-0.3, -0.25) is 9.59 Å². The monoisotopic (exact) mass is 312 g/mol. The minimum Gasteiger partial charge on any atom is -0.480 e. The second-order valence-electron chi connectivity index (χ2n) is 5.44. The van der Waals surface area contributed by atoms with Crippen LogP contribution >= 0.6 is 0 Å². The second kappa shape index (κ2) is 9.19. The summed E-state index contributed by atoms with van der Waals surface area (Å²) in [5, 5.41) is 14.0. The molecule has 0 aromatic carbocycles. The Morgan fingerprint density at radius 3 is 2.50 bits per heavy atom. The number of hydrogen-bond acceptors (Lipinski definition) is 4. The molecule has 1 fully saturated rings. The minimum atomic E-state index is -1.19. The molecule has 0 bridgehead atoms. The fourth-order valence-electron chi connectivity index (χ4n) is 2.33. The zero-order valence-electron chi connectivity index (χ0n) is 12.8. The lowest BCUT2D eigenvalue weighted by Gasteiger charge is -2.20. The average molecular weight is 312 g/mol. The maximum atomic E-state index is 12.0. The minimum absolute atomic E-state index is 0.0403. The predicted molar refractivity (Wildman–Crippen MR) is 80.1 cm³/mol. The normalized spacial score (nSPS) is 17.5. The Bertz CT molecular complexity index is 418. The number of amides is 2. The third kappa shape index (κ3) is 5.85. The number of carboxylic acid groups (broad SMARTS) is 1. The van der Waals surface area contributed by atoms with Crippen LogP contribution in [0.25, 0.3) is 0 Å². The fourth-order valence-corrected chi connectivity index (χ4v) is 2.33. The van der Waals surface area contributed by atoms with Gasteiger partial charge in [-0.15, -0.1) is 6.58 Å². The first-order chi connectivity index (χ1) is 10.5. The summed E-state index contributed by atoms with van der Waals surface area (Å²) >= 11 is 0. The van der Waals surface area contributed by atoms with Crippen molar-refractivity contribution >= 4 is 17.8 Å². The smallest absolute Gasteiger partial charge is 0.328 e. The molecule has 7 nitrogen and oxygen atoms in total. The van der Waals surface area contributed by atoms with Crippen LogP contribution in [0.4, 0.5) is 0 Å². The summed E-state index contributed by atoms with van der Waals surface area (Å²) in [5.74, 6) is -1.91. The zero-order valence-corrected chi connectivity index (χ0v) is 12.8. The molecule has 1 aliphatic carbocycles. The number of hydrogen-bond donors (Lipinski definition) is 3.